The molecule has 0 spiro atoms. The third-order valence-electron chi connectivity index (χ3n) is 7.16. The predicted molar refractivity (Wildman–Crippen MR) is 132 cm³/mol. The van der Waals surface area contributed by atoms with Crippen molar-refractivity contribution < 1.29 is 37.3 Å². The monoisotopic (exact) mass is 533 g/mol. The summed E-state index contributed by atoms with van der Waals surface area (Å²) < 4.78 is 42.7. The van der Waals surface area contributed by atoms with Gasteiger partial charge in [-0.1, -0.05) is 12.1 Å². The van der Waals surface area contributed by atoms with Gasteiger partial charge in [0.15, 0.2) is 11.5 Å². The lowest BCUT2D eigenvalue weighted by Gasteiger charge is -2.43. The fourth-order valence-electron chi connectivity index (χ4n) is 5.45. The van der Waals surface area contributed by atoms with E-state index >= 15 is 0 Å². The van der Waals surface area contributed by atoms with Crippen LogP contribution in [-0.4, -0.2) is 68.5 Å². The number of hydrogen-bond donors (Lipinski definition) is 2. The molecule has 0 aromatic heterocycles. The molecule has 4 rings (SSSR count). The number of ether oxygens (including phenoxy) is 2. The van der Waals surface area contributed by atoms with Gasteiger partial charge in [0, 0.05) is 30.1 Å². The van der Waals surface area contributed by atoms with Gasteiger partial charge in [-0.15, -0.1) is 0 Å². The summed E-state index contributed by atoms with van der Waals surface area (Å²) in [5, 5.41) is 19.4. The van der Waals surface area contributed by atoms with Crippen LogP contribution in [0.15, 0.2) is 42.5 Å². The number of hydrogen-bond acceptors (Lipinski definition) is 6. The molecule has 204 valence electrons. The topological polar surface area (TPSA) is 112 Å². The minimum atomic E-state index is -5.08. The highest BCUT2D eigenvalue weighted by atomic mass is 19.4. The first-order chi connectivity index (χ1) is 17.9. The molecule has 0 unspecified atom stereocenters. The fraction of sp³-hybridized carbons (Fsp3) is 0.444. The molecule has 2 aromatic carbocycles. The molecular formula is C27H30F3N3O5. The predicted octanol–water partition coefficient (Wildman–Crippen LogP) is 3.99. The number of nitriles is 1. The van der Waals surface area contributed by atoms with Gasteiger partial charge in [-0.05, 0) is 68.1 Å². The highest BCUT2D eigenvalue weighted by Gasteiger charge is 2.50. The first-order valence-electron chi connectivity index (χ1n) is 12.0. The maximum absolute atomic E-state index is 12.8. The second-order valence-electron chi connectivity index (χ2n) is 9.56. The second kappa shape index (κ2) is 11.7. The standard InChI is InChI=1S/C25H29N3O3.C2HF3O2/c1-28-15-20-12-21(27-24(29)18-6-4-5-17(11-18)14-26)9-10-25(20,16-28)19-7-8-22(30-2)23(13-19)31-3;3-2(4,5)1(6)7/h4-8,11,13,20-21H,9-10,12,15-16H2,1-3H3,(H,27,29);(H,6,7)/t20-,21-,25+;/m1./s1. The summed E-state index contributed by atoms with van der Waals surface area (Å²) in [5.41, 5.74) is 2.38. The van der Waals surface area contributed by atoms with Crippen LogP contribution in [0.25, 0.3) is 0 Å². The molecule has 2 N–H and O–H groups in total. The first kappa shape index (κ1) is 28.8. The summed E-state index contributed by atoms with van der Waals surface area (Å²) in [6, 6.07) is 15.4. The Bertz CT molecular complexity index is 1210. The number of nitrogens with zero attached hydrogens (tertiary/aromatic N) is 2. The van der Waals surface area contributed by atoms with Crippen molar-refractivity contribution in [1.29, 1.82) is 5.26 Å². The number of halogens is 3. The largest absolute Gasteiger partial charge is 0.493 e. The molecule has 0 radical (unpaired) electrons. The first-order valence-corrected chi connectivity index (χ1v) is 12.0. The number of carboxylic acids is 1. The van der Waals surface area contributed by atoms with Crippen LogP contribution < -0.4 is 14.8 Å². The molecule has 2 fully saturated rings. The van der Waals surface area contributed by atoms with E-state index in [1.165, 1.54) is 5.56 Å². The Kier molecular flexibility index (Phi) is 8.89. The average molecular weight is 534 g/mol. The minimum Gasteiger partial charge on any atom is -0.493 e. The van der Waals surface area contributed by atoms with Gasteiger partial charge in [0.25, 0.3) is 5.91 Å². The number of benzene rings is 2. The average Bonchev–Trinajstić information content (AvgIpc) is 3.24. The van der Waals surface area contributed by atoms with Crippen molar-refractivity contribution in [3.63, 3.8) is 0 Å². The molecular weight excluding hydrogens is 503 g/mol. The van der Waals surface area contributed by atoms with Crippen molar-refractivity contribution in [3.8, 4) is 17.6 Å². The number of rotatable bonds is 5. The van der Waals surface area contributed by atoms with Crippen molar-refractivity contribution in [1.82, 2.24) is 10.2 Å². The van der Waals surface area contributed by atoms with Crippen molar-refractivity contribution in [2.24, 2.45) is 5.92 Å². The van der Waals surface area contributed by atoms with Crippen LogP contribution in [0.4, 0.5) is 13.2 Å². The number of amides is 1. The van der Waals surface area contributed by atoms with Gasteiger partial charge in [0.1, 0.15) is 0 Å². The summed E-state index contributed by atoms with van der Waals surface area (Å²) in [4.78, 5) is 24.1. The van der Waals surface area contributed by atoms with E-state index in [9.17, 15) is 18.0 Å². The number of alkyl halides is 3. The summed E-state index contributed by atoms with van der Waals surface area (Å²) in [5.74, 6) is -0.916. The number of methoxy groups -OCH3 is 2. The molecule has 1 heterocycles. The number of carbonyl (C=O) groups excluding carboxylic acids is 1. The summed E-state index contributed by atoms with van der Waals surface area (Å²) in [7, 11) is 5.50. The van der Waals surface area contributed by atoms with Crippen LogP contribution in [-0.2, 0) is 10.2 Å². The number of aliphatic carboxylic acids is 1. The van der Waals surface area contributed by atoms with Crippen LogP contribution in [0, 0.1) is 17.2 Å². The van der Waals surface area contributed by atoms with Gasteiger partial charge in [0.2, 0.25) is 0 Å². The van der Waals surface area contributed by atoms with Crippen LogP contribution in [0.1, 0.15) is 40.7 Å². The van der Waals surface area contributed by atoms with E-state index in [2.05, 4.69) is 35.5 Å². The number of carboxylic acid groups (broad SMARTS) is 1. The lowest BCUT2D eigenvalue weighted by molar-refractivity contribution is -0.192. The third kappa shape index (κ3) is 6.37. The molecule has 1 aliphatic heterocycles. The Hall–Kier alpha value is -3.78. The smallest absolute Gasteiger partial charge is 0.490 e. The van der Waals surface area contributed by atoms with Crippen LogP contribution >= 0.6 is 0 Å². The van der Waals surface area contributed by atoms with Crippen LogP contribution in [0.3, 0.4) is 0 Å². The van der Waals surface area contributed by atoms with E-state index in [4.69, 9.17) is 24.6 Å². The van der Waals surface area contributed by atoms with E-state index < -0.39 is 12.1 Å². The van der Waals surface area contributed by atoms with Crippen molar-refractivity contribution in [2.45, 2.75) is 36.9 Å². The molecule has 3 atom stereocenters. The third-order valence-corrected chi connectivity index (χ3v) is 7.16. The SMILES string of the molecule is COc1ccc([C@@]23CC[C@@H](NC(=O)c4cccc(C#N)c4)C[C@@H]2CN(C)C3)cc1OC.O=C(O)C(F)(F)F. The number of fused-ring (bicyclic) bond motifs is 1. The highest BCUT2D eigenvalue weighted by molar-refractivity contribution is 5.94. The maximum atomic E-state index is 12.8. The van der Waals surface area contributed by atoms with E-state index in [0.29, 0.717) is 17.0 Å². The molecule has 8 nitrogen and oxygen atoms in total. The molecule has 1 saturated carbocycles. The number of likely N-dealkylation sites (N-methyl/N-ethyl adjacent to an activating group) is 1. The van der Waals surface area contributed by atoms with Gasteiger partial charge in [-0.25, -0.2) is 4.79 Å². The van der Waals surface area contributed by atoms with Crippen LogP contribution in [0.5, 0.6) is 11.5 Å². The molecule has 0 bridgehead atoms. The number of nitrogens with one attached hydrogen (secondary N) is 1. The molecule has 2 aliphatic rings. The zero-order chi connectivity index (χ0) is 28.1. The maximum Gasteiger partial charge on any atom is 0.490 e. The van der Waals surface area contributed by atoms with E-state index in [1.807, 2.05) is 6.07 Å². The molecule has 1 amide bonds. The van der Waals surface area contributed by atoms with Gasteiger partial charge in [-0.3, -0.25) is 4.79 Å². The lowest BCUT2D eigenvalue weighted by atomic mass is 9.63. The van der Waals surface area contributed by atoms with Crippen molar-refractivity contribution >= 4 is 11.9 Å². The fourth-order valence-corrected chi connectivity index (χ4v) is 5.45. The molecule has 38 heavy (non-hydrogen) atoms. The second-order valence-corrected chi connectivity index (χ2v) is 9.56. The zero-order valence-electron chi connectivity index (χ0n) is 21.3. The van der Waals surface area contributed by atoms with Gasteiger partial charge in [-0.2, -0.15) is 18.4 Å². The van der Waals surface area contributed by atoms with E-state index in [-0.39, 0.29) is 17.4 Å². The summed E-state index contributed by atoms with van der Waals surface area (Å²) in [6.45, 7) is 2.00. The normalized spacial score (nSPS) is 22.8. The minimum absolute atomic E-state index is 0.0518. The highest BCUT2D eigenvalue weighted by Crippen LogP contribution is 2.49. The van der Waals surface area contributed by atoms with Gasteiger partial charge in [0.05, 0.1) is 25.9 Å². The Balaban J connectivity index is 0.000000505. The van der Waals surface area contributed by atoms with Crippen molar-refractivity contribution in [2.75, 3.05) is 34.4 Å². The van der Waals surface area contributed by atoms with Gasteiger partial charge < -0.3 is 24.8 Å². The van der Waals surface area contributed by atoms with Gasteiger partial charge >= 0.3 is 12.1 Å². The Labute approximate surface area is 219 Å². The molecule has 11 heteroatoms. The van der Waals surface area contributed by atoms with E-state index in [0.717, 1.165) is 43.9 Å². The Morgan fingerprint density at radius 3 is 2.45 bits per heavy atom. The quantitative estimate of drug-likeness (QED) is 0.598. The number of carbonyl (C=O) groups is 2. The molecule has 1 saturated heterocycles. The number of likely N-dealkylation sites (tertiary alicyclic amines) is 1. The molecule has 2 aromatic rings. The molecule has 1 aliphatic carbocycles. The van der Waals surface area contributed by atoms with Crippen LogP contribution in [0.2, 0.25) is 0 Å². The van der Waals surface area contributed by atoms with E-state index in [1.54, 1.807) is 38.5 Å². The van der Waals surface area contributed by atoms with Crippen molar-refractivity contribution in [3.05, 3.63) is 59.2 Å². The summed E-state index contributed by atoms with van der Waals surface area (Å²) >= 11 is 0. The lowest BCUT2D eigenvalue weighted by Crippen LogP contribution is -2.47. The summed E-state index contributed by atoms with van der Waals surface area (Å²) in [6.07, 6.45) is -2.23. The Morgan fingerprint density at radius 1 is 1.16 bits per heavy atom. The Morgan fingerprint density at radius 2 is 1.84 bits per heavy atom. The zero-order valence-corrected chi connectivity index (χ0v) is 21.3.